The van der Waals surface area contributed by atoms with E-state index in [4.69, 9.17) is 4.74 Å². The van der Waals surface area contributed by atoms with E-state index >= 15 is 0 Å². The number of hydrogen-bond donors (Lipinski definition) is 2. The van der Waals surface area contributed by atoms with E-state index in [0.29, 0.717) is 18.6 Å². The number of ether oxygens (including phenoxy) is 1. The minimum Gasteiger partial charge on any atom is -0.378 e. The van der Waals surface area contributed by atoms with E-state index in [2.05, 4.69) is 15.6 Å². The third-order valence-corrected chi connectivity index (χ3v) is 4.73. The van der Waals surface area contributed by atoms with E-state index in [1.807, 2.05) is 5.38 Å². The van der Waals surface area contributed by atoms with Crippen molar-refractivity contribution in [2.24, 2.45) is 5.92 Å². The Morgan fingerprint density at radius 3 is 3.05 bits per heavy atom. The first-order valence-electron chi connectivity index (χ1n) is 7.38. The third kappa shape index (κ3) is 3.70. The maximum atomic E-state index is 12.0. The molecular formula is C14H21N3O2S. The van der Waals surface area contributed by atoms with Crippen molar-refractivity contribution in [3.8, 4) is 0 Å². The average molecular weight is 295 g/mol. The van der Waals surface area contributed by atoms with Gasteiger partial charge in [-0.2, -0.15) is 0 Å². The van der Waals surface area contributed by atoms with Crippen LogP contribution in [0.4, 0.5) is 4.79 Å². The van der Waals surface area contributed by atoms with E-state index in [1.165, 1.54) is 12.8 Å². The van der Waals surface area contributed by atoms with Gasteiger partial charge in [0.05, 0.1) is 12.1 Å². The molecule has 2 fully saturated rings. The molecule has 2 heterocycles. The first kappa shape index (κ1) is 13.8. The zero-order chi connectivity index (χ0) is 13.8. The molecular weight excluding hydrogens is 274 g/mol. The van der Waals surface area contributed by atoms with Gasteiger partial charge in [-0.25, -0.2) is 9.78 Å². The van der Waals surface area contributed by atoms with Crippen molar-refractivity contribution in [1.82, 2.24) is 15.6 Å². The lowest BCUT2D eigenvalue weighted by molar-refractivity contribution is 0.104. The number of hydrogen-bond acceptors (Lipinski definition) is 4. The molecule has 1 saturated carbocycles. The van der Waals surface area contributed by atoms with Crippen molar-refractivity contribution in [1.29, 1.82) is 0 Å². The predicted octanol–water partition coefficient (Wildman–Crippen LogP) is 2.46. The lowest BCUT2D eigenvalue weighted by Crippen LogP contribution is -2.39. The summed E-state index contributed by atoms with van der Waals surface area (Å²) in [6.45, 7) is 1.54. The highest BCUT2D eigenvalue weighted by Crippen LogP contribution is 2.41. The maximum absolute atomic E-state index is 12.0. The Hall–Kier alpha value is -1.14. The minimum atomic E-state index is -0.0879. The number of urea groups is 1. The van der Waals surface area contributed by atoms with Crippen molar-refractivity contribution >= 4 is 17.4 Å². The summed E-state index contributed by atoms with van der Waals surface area (Å²) in [6, 6.07) is -0.00664. The van der Waals surface area contributed by atoms with Crippen LogP contribution in [-0.4, -0.2) is 30.3 Å². The molecule has 1 aliphatic carbocycles. The van der Waals surface area contributed by atoms with Crippen molar-refractivity contribution in [3.63, 3.8) is 0 Å². The Balaban J connectivity index is 1.42. The molecule has 2 aliphatic rings. The second-order valence-electron chi connectivity index (χ2n) is 5.51. The van der Waals surface area contributed by atoms with Crippen LogP contribution in [0.15, 0.2) is 11.6 Å². The molecule has 3 rings (SSSR count). The predicted molar refractivity (Wildman–Crippen MR) is 77.7 cm³/mol. The number of amides is 2. The number of nitrogens with zero attached hydrogens (tertiary/aromatic N) is 1. The molecule has 20 heavy (non-hydrogen) atoms. The molecule has 1 aliphatic heterocycles. The Kier molecular flexibility index (Phi) is 4.52. The number of aromatic nitrogens is 1. The topological polar surface area (TPSA) is 63.2 Å². The van der Waals surface area contributed by atoms with Crippen LogP contribution < -0.4 is 10.6 Å². The van der Waals surface area contributed by atoms with Gasteiger partial charge in [0.25, 0.3) is 0 Å². The van der Waals surface area contributed by atoms with Crippen molar-refractivity contribution < 1.29 is 9.53 Å². The van der Waals surface area contributed by atoms with Gasteiger partial charge in [0.15, 0.2) is 0 Å². The second-order valence-corrected chi connectivity index (χ2v) is 6.44. The fourth-order valence-electron chi connectivity index (χ4n) is 2.61. The lowest BCUT2D eigenvalue weighted by atomic mass is 10.2. The highest BCUT2D eigenvalue weighted by molar-refractivity contribution is 7.09. The Bertz CT molecular complexity index is 428. The number of nitrogens with one attached hydrogen (secondary N) is 2. The average Bonchev–Trinajstić information content (AvgIpc) is 2.93. The van der Waals surface area contributed by atoms with Gasteiger partial charge in [0.1, 0.15) is 5.01 Å². The van der Waals surface area contributed by atoms with Crippen LogP contribution in [0.3, 0.4) is 0 Å². The SMILES string of the molecule is O=C(NCCC1CCCO1)NC(c1nccs1)C1CC1. The first-order chi connectivity index (χ1) is 9.83. The molecule has 1 aromatic rings. The maximum Gasteiger partial charge on any atom is 0.315 e. The monoisotopic (exact) mass is 295 g/mol. The number of rotatable bonds is 6. The zero-order valence-corrected chi connectivity index (χ0v) is 12.3. The molecule has 1 saturated heterocycles. The van der Waals surface area contributed by atoms with Crippen molar-refractivity contribution in [2.45, 2.75) is 44.2 Å². The van der Waals surface area contributed by atoms with E-state index < -0.39 is 0 Å². The summed E-state index contributed by atoms with van der Waals surface area (Å²) < 4.78 is 5.54. The molecule has 5 nitrogen and oxygen atoms in total. The summed E-state index contributed by atoms with van der Waals surface area (Å²) in [5, 5.41) is 8.97. The third-order valence-electron chi connectivity index (χ3n) is 3.87. The molecule has 110 valence electrons. The first-order valence-corrected chi connectivity index (χ1v) is 8.26. The highest BCUT2D eigenvalue weighted by atomic mass is 32.1. The molecule has 2 amide bonds. The lowest BCUT2D eigenvalue weighted by Gasteiger charge is -2.17. The quantitative estimate of drug-likeness (QED) is 0.847. The molecule has 6 heteroatoms. The summed E-state index contributed by atoms with van der Waals surface area (Å²) in [6.07, 6.45) is 7.65. The number of carbonyl (C=O) groups is 1. The van der Waals surface area contributed by atoms with E-state index in [-0.39, 0.29) is 12.1 Å². The van der Waals surface area contributed by atoms with E-state index in [1.54, 1.807) is 17.5 Å². The van der Waals surface area contributed by atoms with Crippen molar-refractivity contribution in [2.75, 3.05) is 13.2 Å². The summed E-state index contributed by atoms with van der Waals surface area (Å²) >= 11 is 1.61. The van der Waals surface area contributed by atoms with Crippen LogP contribution in [-0.2, 0) is 4.74 Å². The molecule has 0 bridgehead atoms. The summed E-state index contributed by atoms with van der Waals surface area (Å²) in [5.41, 5.74) is 0. The largest absolute Gasteiger partial charge is 0.378 e. The van der Waals surface area contributed by atoms with Gasteiger partial charge in [-0.3, -0.25) is 0 Å². The van der Waals surface area contributed by atoms with Gasteiger partial charge < -0.3 is 15.4 Å². The van der Waals surface area contributed by atoms with Gasteiger partial charge in [0.2, 0.25) is 0 Å². The van der Waals surface area contributed by atoms with Crippen LogP contribution in [0, 0.1) is 5.92 Å². The Morgan fingerprint density at radius 2 is 2.40 bits per heavy atom. The molecule has 1 aromatic heterocycles. The Labute approximate surface area is 123 Å². The van der Waals surface area contributed by atoms with Crippen LogP contribution >= 0.6 is 11.3 Å². The van der Waals surface area contributed by atoms with Gasteiger partial charge >= 0.3 is 6.03 Å². The van der Waals surface area contributed by atoms with Gasteiger partial charge in [-0.15, -0.1) is 11.3 Å². The molecule has 2 atom stereocenters. The number of carbonyl (C=O) groups excluding carboxylic acids is 1. The molecule has 0 radical (unpaired) electrons. The van der Waals surface area contributed by atoms with Crippen LogP contribution in [0.5, 0.6) is 0 Å². The number of thiazole rings is 1. The fraction of sp³-hybridized carbons (Fsp3) is 0.714. The minimum absolute atomic E-state index is 0.0812. The standard InChI is InChI=1S/C14H21N3O2S/c18-14(16-6-5-11-2-1-8-19-11)17-12(10-3-4-10)13-15-7-9-20-13/h7,9-12H,1-6,8H2,(H2,16,17,18). The Morgan fingerprint density at radius 1 is 1.50 bits per heavy atom. The summed E-state index contributed by atoms with van der Waals surface area (Å²) in [4.78, 5) is 16.3. The van der Waals surface area contributed by atoms with Crippen molar-refractivity contribution in [3.05, 3.63) is 16.6 Å². The smallest absolute Gasteiger partial charge is 0.315 e. The van der Waals surface area contributed by atoms with E-state index in [9.17, 15) is 4.79 Å². The molecule has 2 unspecified atom stereocenters. The zero-order valence-electron chi connectivity index (χ0n) is 11.5. The molecule has 2 N–H and O–H groups in total. The van der Waals surface area contributed by atoms with Gasteiger partial charge in [-0.1, -0.05) is 0 Å². The molecule has 0 aromatic carbocycles. The summed E-state index contributed by atoms with van der Waals surface area (Å²) in [7, 11) is 0. The highest BCUT2D eigenvalue weighted by Gasteiger charge is 2.34. The second kappa shape index (κ2) is 6.54. The fourth-order valence-corrected chi connectivity index (χ4v) is 3.39. The van der Waals surface area contributed by atoms with Crippen LogP contribution in [0.25, 0.3) is 0 Å². The van der Waals surface area contributed by atoms with Crippen LogP contribution in [0.2, 0.25) is 0 Å². The normalized spacial score (nSPS) is 23.5. The molecule has 0 spiro atoms. The van der Waals surface area contributed by atoms with E-state index in [0.717, 1.165) is 30.9 Å². The van der Waals surface area contributed by atoms with Crippen LogP contribution in [0.1, 0.15) is 43.2 Å². The van der Waals surface area contributed by atoms with Gasteiger partial charge in [-0.05, 0) is 38.0 Å². The van der Waals surface area contributed by atoms with Gasteiger partial charge in [0, 0.05) is 24.7 Å². The summed E-state index contributed by atoms with van der Waals surface area (Å²) in [5.74, 6) is 0.560.